The van der Waals surface area contributed by atoms with Gasteiger partial charge in [-0.1, -0.05) is 29.5 Å². The molecule has 0 aliphatic carbocycles. The summed E-state index contributed by atoms with van der Waals surface area (Å²) in [5.41, 5.74) is 1.11. The van der Waals surface area contributed by atoms with E-state index >= 15 is 0 Å². The van der Waals surface area contributed by atoms with Crippen LogP contribution in [0.1, 0.15) is 22.7 Å². The van der Waals surface area contributed by atoms with Crippen molar-refractivity contribution in [2.45, 2.75) is 19.3 Å². The molecule has 1 aliphatic rings. The molecule has 0 unspecified atom stereocenters. The van der Waals surface area contributed by atoms with Gasteiger partial charge in [0.05, 0.1) is 12.1 Å². The summed E-state index contributed by atoms with van der Waals surface area (Å²) in [7, 11) is 0. The van der Waals surface area contributed by atoms with E-state index in [9.17, 15) is 14.0 Å². The number of carbonyl (C=O) groups excluding carboxylic acids is 2. The van der Waals surface area contributed by atoms with E-state index in [1.807, 2.05) is 0 Å². The lowest BCUT2D eigenvalue weighted by Crippen LogP contribution is -2.46. The van der Waals surface area contributed by atoms with E-state index in [2.05, 4.69) is 25.8 Å². The molecule has 2 aromatic heterocycles. The van der Waals surface area contributed by atoms with Crippen molar-refractivity contribution in [1.29, 1.82) is 0 Å². The number of nitrogens with one attached hydrogen (secondary N) is 2. The highest BCUT2D eigenvalue weighted by atomic mass is 32.1. The second-order valence-corrected chi connectivity index (χ2v) is 8.25. The Morgan fingerprint density at radius 2 is 2.17 bits per heavy atom. The third-order valence-corrected chi connectivity index (χ3v) is 5.96. The number of anilines is 2. The maximum Gasteiger partial charge on any atom is 0.323 e. The highest BCUT2D eigenvalue weighted by molar-refractivity contribution is 7.15. The minimum absolute atomic E-state index is 0.0637. The Balaban J connectivity index is 1.34. The van der Waals surface area contributed by atoms with Crippen LogP contribution in [0.3, 0.4) is 0 Å². The predicted octanol–water partition coefficient (Wildman–Crippen LogP) is 2.83. The monoisotopic (exact) mass is 432 g/mol. The van der Waals surface area contributed by atoms with Gasteiger partial charge < -0.3 is 10.6 Å². The van der Waals surface area contributed by atoms with Crippen molar-refractivity contribution >= 4 is 44.9 Å². The number of hydrogen-bond donors (Lipinski definition) is 2. The predicted molar refractivity (Wildman–Crippen MR) is 109 cm³/mol. The fraction of sp³-hybridized carbons (Fsp3) is 0.278. The molecule has 3 aromatic rings. The zero-order valence-corrected chi connectivity index (χ0v) is 16.9. The third kappa shape index (κ3) is 4.74. The molecule has 0 radical (unpaired) electrons. The number of benzene rings is 1. The molecule has 1 aliphatic heterocycles. The molecule has 1 saturated heterocycles. The Kier molecular flexibility index (Phi) is 5.76. The molecular weight excluding hydrogens is 415 g/mol. The quantitative estimate of drug-likeness (QED) is 0.624. The van der Waals surface area contributed by atoms with Crippen LogP contribution >= 0.6 is 22.7 Å². The molecule has 1 aromatic carbocycles. The molecule has 0 bridgehead atoms. The number of urea groups is 1. The smallest absolute Gasteiger partial charge is 0.323 e. The summed E-state index contributed by atoms with van der Waals surface area (Å²) in [6, 6.07) is 6.31. The van der Waals surface area contributed by atoms with Crippen molar-refractivity contribution in [3.8, 4) is 0 Å². The summed E-state index contributed by atoms with van der Waals surface area (Å²) in [4.78, 5) is 30.1. The number of amides is 3. The first kappa shape index (κ1) is 19.4. The zero-order chi connectivity index (χ0) is 20.2. The Morgan fingerprint density at radius 1 is 1.31 bits per heavy atom. The van der Waals surface area contributed by atoms with Gasteiger partial charge in [-0.3, -0.25) is 9.69 Å². The minimum Gasteiger partial charge on any atom is -0.338 e. The van der Waals surface area contributed by atoms with Gasteiger partial charge >= 0.3 is 6.03 Å². The number of halogens is 1. The first-order valence-electron chi connectivity index (χ1n) is 8.94. The van der Waals surface area contributed by atoms with Crippen molar-refractivity contribution in [2.24, 2.45) is 0 Å². The van der Waals surface area contributed by atoms with Crippen LogP contribution in [-0.2, 0) is 17.6 Å². The van der Waals surface area contributed by atoms with Crippen molar-refractivity contribution in [3.63, 3.8) is 0 Å². The summed E-state index contributed by atoms with van der Waals surface area (Å²) in [5, 5.41) is 16.7. The van der Waals surface area contributed by atoms with E-state index in [0.717, 1.165) is 6.42 Å². The molecule has 29 heavy (non-hydrogen) atoms. The molecule has 2 N–H and O–H groups in total. The van der Waals surface area contributed by atoms with Gasteiger partial charge in [0, 0.05) is 24.9 Å². The normalized spacial score (nSPS) is 14.0. The van der Waals surface area contributed by atoms with Crippen molar-refractivity contribution in [1.82, 2.24) is 20.5 Å². The fourth-order valence-electron chi connectivity index (χ4n) is 2.82. The molecule has 0 spiro atoms. The summed E-state index contributed by atoms with van der Waals surface area (Å²) < 4.78 is 13.7. The van der Waals surface area contributed by atoms with Gasteiger partial charge in [-0.2, -0.15) is 0 Å². The molecule has 0 atom stereocenters. The van der Waals surface area contributed by atoms with Crippen molar-refractivity contribution in [3.05, 3.63) is 51.7 Å². The van der Waals surface area contributed by atoms with E-state index in [0.29, 0.717) is 46.0 Å². The summed E-state index contributed by atoms with van der Waals surface area (Å²) in [6.07, 6.45) is 1.23. The number of aromatic nitrogens is 3. The van der Waals surface area contributed by atoms with Gasteiger partial charge in [-0.25, -0.2) is 14.2 Å². The van der Waals surface area contributed by atoms with Crippen LogP contribution in [0.25, 0.3) is 0 Å². The van der Waals surface area contributed by atoms with Gasteiger partial charge in [0.25, 0.3) is 0 Å². The van der Waals surface area contributed by atoms with Crippen LogP contribution in [0.2, 0.25) is 0 Å². The maximum atomic E-state index is 13.7. The molecule has 11 heteroatoms. The molecule has 8 nitrogen and oxygen atoms in total. The lowest BCUT2D eigenvalue weighted by molar-refractivity contribution is -0.115. The molecule has 3 heterocycles. The van der Waals surface area contributed by atoms with Gasteiger partial charge in [-0.15, -0.1) is 21.5 Å². The van der Waals surface area contributed by atoms with E-state index in [1.54, 1.807) is 28.5 Å². The molecule has 4 rings (SSSR count). The Labute approximate surface area is 173 Å². The number of nitrogens with zero attached hydrogens (tertiary/aromatic N) is 4. The molecular formula is C18H17FN6O2S2. The van der Waals surface area contributed by atoms with Crippen molar-refractivity contribution < 1.29 is 14.0 Å². The highest BCUT2D eigenvalue weighted by Gasteiger charge is 2.22. The van der Waals surface area contributed by atoms with Gasteiger partial charge in [0.2, 0.25) is 11.0 Å². The lowest BCUT2D eigenvalue weighted by Gasteiger charge is -2.24. The van der Waals surface area contributed by atoms with Crippen molar-refractivity contribution in [2.75, 3.05) is 23.3 Å². The Bertz CT molecular complexity index is 1040. The van der Waals surface area contributed by atoms with E-state index in [4.69, 9.17) is 0 Å². The summed E-state index contributed by atoms with van der Waals surface area (Å²) >= 11 is 2.53. The number of carbonyl (C=O) groups is 2. The Morgan fingerprint density at radius 3 is 3.00 bits per heavy atom. The largest absolute Gasteiger partial charge is 0.338 e. The average Bonchev–Trinajstić information content (AvgIpc) is 3.33. The van der Waals surface area contributed by atoms with Crippen LogP contribution in [0, 0.1) is 5.82 Å². The van der Waals surface area contributed by atoms with E-state index in [-0.39, 0.29) is 24.2 Å². The van der Waals surface area contributed by atoms with Crippen LogP contribution in [0.5, 0.6) is 0 Å². The maximum absolute atomic E-state index is 13.7. The average molecular weight is 433 g/mol. The topological polar surface area (TPSA) is 100 Å². The van der Waals surface area contributed by atoms with Crippen LogP contribution in [0.15, 0.2) is 29.6 Å². The number of rotatable bonds is 6. The highest BCUT2D eigenvalue weighted by Crippen LogP contribution is 2.23. The Hall–Kier alpha value is -2.92. The summed E-state index contributed by atoms with van der Waals surface area (Å²) in [5.74, 6) is -0.575. The molecule has 0 saturated carbocycles. The second kappa shape index (κ2) is 8.62. The van der Waals surface area contributed by atoms with Gasteiger partial charge in [-0.05, 0) is 18.1 Å². The minimum atomic E-state index is -0.296. The number of hydrogen-bond acceptors (Lipinski definition) is 7. The standard InChI is InChI=1S/C18H17FN6O2S2/c19-13-5-2-1-4-11(13)8-15-23-24-16(29-15)22-14(26)9-12-10-28-18(21-12)25-7-3-6-20-17(25)27/h1-2,4-5,10H,3,6-9H2,(H,20,27)(H,22,24,26). The van der Waals surface area contributed by atoms with Crippen LogP contribution in [0.4, 0.5) is 19.4 Å². The molecule has 1 fully saturated rings. The number of thiazole rings is 1. The van der Waals surface area contributed by atoms with E-state index in [1.165, 1.54) is 28.7 Å². The van der Waals surface area contributed by atoms with Gasteiger partial charge in [0.1, 0.15) is 10.8 Å². The molecule has 3 amide bonds. The van der Waals surface area contributed by atoms with Crippen LogP contribution < -0.4 is 15.5 Å². The van der Waals surface area contributed by atoms with E-state index < -0.39 is 0 Å². The lowest BCUT2D eigenvalue weighted by atomic mass is 10.1. The zero-order valence-electron chi connectivity index (χ0n) is 15.2. The third-order valence-electron chi connectivity index (χ3n) is 4.20. The molecule has 150 valence electrons. The second-order valence-electron chi connectivity index (χ2n) is 6.35. The first-order chi connectivity index (χ1) is 14.1. The SMILES string of the molecule is O=C(Cc1csc(N2CCCNC2=O)n1)Nc1nnc(Cc2ccccc2F)s1. The van der Waals surface area contributed by atoms with Gasteiger partial charge in [0.15, 0.2) is 5.13 Å². The first-order valence-corrected chi connectivity index (χ1v) is 10.6. The van der Waals surface area contributed by atoms with Crippen LogP contribution in [-0.4, -0.2) is 40.2 Å². The fourth-order valence-corrected chi connectivity index (χ4v) is 4.45. The summed E-state index contributed by atoms with van der Waals surface area (Å²) in [6.45, 7) is 1.28.